The van der Waals surface area contributed by atoms with E-state index in [0.717, 1.165) is 6.42 Å². The minimum Gasteiger partial charge on any atom is -0.411 e. The molecule has 0 saturated heterocycles. The van der Waals surface area contributed by atoms with Crippen LogP contribution in [-0.2, 0) is 0 Å². The van der Waals surface area contributed by atoms with E-state index in [1.54, 1.807) is 6.92 Å². The zero-order valence-corrected chi connectivity index (χ0v) is 6.20. The topological polar surface area (TPSA) is 65.2 Å². The van der Waals surface area contributed by atoms with Crippen molar-refractivity contribution in [1.29, 1.82) is 0 Å². The molecule has 0 bridgehead atoms. The third-order valence-electron chi connectivity index (χ3n) is 1.18. The lowest BCUT2D eigenvalue weighted by Crippen LogP contribution is -2.09. The highest BCUT2D eigenvalue weighted by Crippen LogP contribution is 1.94. The summed E-state index contributed by atoms with van der Waals surface area (Å²) >= 11 is 0. The van der Waals surface area contributed by atoms with Crippen molar-refractivity contribution >= 4 is 11.4 Å². The van der Waals surface area contributed by atoms with Gasteiger partial charge in [0.15, 0.2) is 0 Å². The summed E-state index contributed by atoms with van der Waals surface area (Å²) in [4.78, 5) is 0. The Labute approximate surface area is 59.9 Å². The van der Waals surface area contributed by atoms with E-state index in [9.17, 15) is 0 Å². The van der Waals surface area contributed by atoms with Crippen LogP contribution in [0.2, 0.25) is 0 Å². The average Bonchev–Trinajstić information content (AvgIpc) is 1.99. The molecule has 0 aromatic heterocycles. The van der Waals surface area contributed by atoms with Crippen molar-refractivity contribution in [1.82, 2.24) is 0 Å². The van der Waals surface area contributed by atoms with Crippen LogP contribution in [0, 0.1) is 0 Å². The van der Waals surface area contributed by atoms with E-state index in [4.69, 9.17) is 10.4 Å². The molecule has 0 atom stereocenters. The van der Waals surface area contributed by atoms with Gasteiger partial charge in [0, 0.05) is 0 Å². The third kappa shape index (κ3) is 2.48. The Morgan fingerprint density at radius 3 is 2.20 bits per heavy atom. The fraction of sp³-hybridized carbons (Fsp3) is 0.667. The zero-order chi connectivity index (χ0) is 7.98. The summed E-state index contributed by atoms with van der Waals surface area (Å²) in [5, 5.41) is 22.5. The third-order valence-corrected chi connectivity index (χ3v) is 1.18. The molecule has 4 nitrogen and oxygen atoms in total. The largest absolute Gasteiger partial charge is 0.411 e. The van der Waals surface area contributed by atoms with Crippen LogP contribution in [0.25, 0.3) is 0 Å². The molecule has 0 rings (SSSR count). The Bertz CT molecular complexity index is 152. The van der Waals surface area contributed by atoms with E-state index in [0.29, 0.717) is 17.8 Å². The van der Waals surface area contributed by atoms with Gasteiger partial charge < -0.3 is 10.4 Å². The second kappa shape index (κ2) is 4.78. The lowest BCUT2D eigenvalue weighted by molar-refractivity contribution is 0.313. The normalized spacial score (nSPS) is 13.8. The van der Waals surface area contributed by atoms with E-state index >= 15 is 0 Å². The van der Waals surface area contributed by atoms with Crippen LogP contribution in [0.1, 0.15) is 26.7 Å². The summed E-state index contributed by atoms with van der Waals surface area (Å²) in [6, 6.07) is 0. The van der Waals surface area contributed by atoms with Crippen molar-refractivity contribution in [3.05, 3.63) is 0 Å². The van der Waals surface area contributed by atoms with Crippen LogP contribution in [0.4, 0.5) is 0 Å². The van der Waals surface area contributed by atoms with Gasteiger partial charge in [-0.05, 0) is 13.3 Å². The van der Waals surface area contributed by atoms with Crippen molar-refractivity contribution in [2.75, 3.05) is 0 Å². The molecule has 0 aliphatic carbocycles. The summed E-state index contributed by atoms with van der Waals surface area (Å²) in [6.07, 6.45) is 1.50. The van der Waals surface area contributed by atoms with Gasteiger partial charge in [0.2, 0.25) is 0 Å². The molecule has 0 radical (unpaired) electrons. The lowest BCUT2D eigenvalue weighted by atomic mass is 10.1. The van der Waals surface area contributed by atoms with Gasteiger partial charge in [-0.1, -0.05) is 23.7 Å². The van der Waals surface area contributed by atoms with E-state index < -0.39 is 0 Å². The molecule has 0 aliphatic rings. The van der Waals surface area contributed by atoms with Crippen LogP contribution >= 0.6 is 0 Å². The van der Waals surface area contributed by atoms with Gasteiger partial charge in [-0.25, -0.2) is 0 Å². The molecule has 0 spiro atoms. The van der Waals surface area contributed by atoms with Gasteiger partial charge in [-0.2, -0.15) is 0 Å². The first-order valence-electron chi connectivity index (χ1n) is 3.16. The Morgan fingerprint density at radius 2 is 1.90 bits per heavy atom. The fourth-order valence-electron chi connectivity index (χ4n) is 0.598. The predicted molar refractivity (Wildman–Crippen MR) is 39.0 cm³/mol. The fourth-order valence-corrected chi connectivity index (χ4v) is 0.598. The highest BCUT2D eigenvalue weighted by Gasteiger charge is 2.02. The summed E-state index contributed by atoms with van der Waals surface area (Å²) in [7, 11) is 0. The maximum absolute atomic E-state index is 8.35. The average molecular weight is 144 g/mol. The minimum atomic E-state index is 0.365. The lowest BCUT2D eigenvalue weighted by Gasteiger charge is -1.97. The van der Waals surface area contributed by atoms with Crippen molar-refractivity contribution in [3.63, 3.8) is 0 Å². The number of oxime groups is 2. The molecule has 0 saturated carbocycles. The predicted octanol–water partition coefficient (Wildman–Crippen LogP) is 1.47. The van der Waals surface area contributed by atoms with Crippen LogP contribution < -0.4 is 0 Å². The van der Waals surface area contributed by atoms with E-state index in [1.807, 2.05) is 6.92 Å². The second-order valence-corrected chi connectivity index (χ2v) is 1.98. The van der Waals surface area contributed by atoms with Crippen molar-refractivity contribution in [2.45, 2.75) is 26.7 Å². The molecule has 0 fully saturated rings. The molecule has 58 valence electrons. The van der Waals surface area contributed by atoms with Gasteiger partial charge in [0.25, 0.3) is 0 Å². The van der Waals surface area contributed by atoms with Gasteiger partial charge in [0.1, 0.15) is 11.4 Å². The zero-order valence-electron chi connectivity index (χ0n) is 6.20. The maximum Gasteiger partial charge on any atom is 0.104 e. The number of nitrogens with zero attached hydrogens (tertiary/aromatic N) is 2. The number of hydrogen-bond donors (Lipinski definition) is 2. The molecule has 0 aliphatic heterocycles. The molecule has 4 heteroatoms. The summed E-state index contributed by atoms with van der Waals surface area (Å²) in [5.74, 6) is 0. The van der Waals surface area contributed by atoms with Crippen LogP contribution in [0.5, 0.6) is 0 Å². The molecular formula is C6H12N2O2. The molecule has 0 unspecified atom stereocenters. The van der Waals surface area contributed by atoms with Crippen molar-refractivity contribution in [2.24, 2.45) is 10.3 Å². The Kier molecular flexibility index (Phi) is 4.28. The molecule has 0 heterocycles. The van der Waals surface area contributed by atoms with E-state index in [1.165, 1.54) is 0 Å². The maximum atomic E-state index is 8.35. The van der Waals surface area contributed by atoms with Gasteiger partial charge in [-0.15, -0.1) is 0 Å². The molecule has 0 amide bonds. The first-order chi connectivity index (χ1) is 4.76. The molecular weight excluding hydrogens is 132 g/mol. The quantitative estimate of drug-likeness (QED) is 0.358. The van der Waals surface area contributed by atoms with Crippen molar-refractivity contribution < 1.29 is 10.4 Å². The minimum absolute atomic E-state index is 0.365. The molecule has 2 N–H and O–H groups in total. The summed E-state index contributed by atoms with van der Waals surface area (Å²) in [6.45, 7) is 3.54. The van der Waals surface area contributed by atoms with E-state index in [2.05, 4.69) is 10.3 Å². The van der Waals surface area contributed by atoms with Gasteiger partial charge in [-0.3, -0.25) is 0 Å². The Hall–Kier alpha value is -1.06. The van der Waals surface area contributed by atoms with Crippen LogP contribution in [0.15, 0.2) is 10.3 Å². The molecule has 0 aromatic rings. The number of hydrogen-bond acceptors (Lipinski definition) is 4. The Morgan fingerprint density at radius 1 is 1.30 bits per heavy atom. The van der Waals surface area contributed by atoms with Gasteiger partial charge >= 0.3 is 0 Å². The smallest absolute Gasteiger partial charge is 0.104 e. The highest BCUT2D eigenvalue weighted by atomic mass is 16.4. The van der Waals surface area contributed by atoms with Gasteiger partial charge in [0.05, 0.1) is 0 Å². The Balaban J connectivity index is 4.09. The standard InChI is InChI=1S/C6H12N2O2/c1-3-4-6(8-10)5(2)7-9/h9-10H,3-4H2,1-2H3/b7-5-,8-6-. The first-order valence-corrected chi connectivity index (χ1v) is 3.16. The monoisotopic (exact) mass is 144 g/mol. The number of rotatable bonds is 3. The van der Waals surface area contributed by atoms with Crippen molar-refractivity contribution in [3.8, 4) is 0 Å². The molecule has 10 heavy (non-hydrogen) atoms. The van der Waals surface area contributed by atoms with Crippen LogP contribution in [0.3, 0.4) is 0 Å². The molecule has 0 aromatic carbocycles. The highest BCUT2D eigenvalue weighted by molar-refractivity contribution is 6.41. The van der Waals surface area contributed by atoms with E-state index in [-0.39, 0.29) is 0 Å². The second-order valence-electron chi connectivity index (χ2n) is 1.98. The first kappa shape index (κ1) is 8.94. The summed E-state index contributed by atoms with van der Waals surface area (Å²) < 4.78 is 0. The summed E-state index contributed by atoms with van der Waals surface area (Å²) in [5.41, 5.74) is 0.800. The SMILES string of the molecule is CCCC(=N/O)/C(C)=N\O. The van der Waals surface area contributed by atoms with Crippen LogP contribution in [-0.4, -0.2) is 21.8 Å².